The number of unbranched alkanes of at least 4 members (excludes halogenated alkanes) is 2. The molecule has 0 saturated heterocycles. The van der Waals surface area contributed by atoms with E-state index in [4.69, 9.17) is 0 Å². The summed E-state index contributed by atoms with van der Waals surface area (Å²) >= 11 is 1.63. The van der Waals surface area contributed by atoms with Crippen LogP contribution in [0.4, 0.5) is 0 Å². The molecular weight excluding hydrogens is 272 g/mol. The fraction of sp³-hybridized carbons (Fsp3) is 0.500. The minimum absolute atomic E-state index is 0.0835. The second-order valence-corrected chi connectivity index (χ2v) is 5.96. The molecule has 0 amide bonds. The Morgan fingerprint density at radius 2 is 1.90 bits per heavy atom. The first-order chi connectivity index (χ1) is 9.65. The van der Waals surface area contributed by atoms with Crippen LogP contribution >= 0.6 is 11.8 Å². The maximum absolute atomic E-state index is 12.0. The Morgan fingerprint density at radius 3 is 2.50 bits per heavy atom. The summed E-state index contributed by atoms with van der Waals surface area (Å²) in [5, 5.41) is 9.21. The van der Waals surface area contributed by atoms with E-state index < -0.39 is 11.9 Å². The highest BCUT2D eigenvalue weighted by Gasteiger charge is 2.21. The van der Waals surface area contributed by atoms with E-state index in [9.17, 15) is 14.7 Å². The summed E-state index contributed by atoms with van der Waals surface area (Å²) in [4.78, 5) is 23.2. The van der Waals surface area contributed by atoms with Crippen LogP contribution in [-0.2, 0) is 4.79 Å². The van der Waals surface area contributed by atoms with E-state index >= 15 is 0 Å². The summed E-state index contributed by atoms with van der Waals surface area (Å²) in [5.74, 6) is -0.0758. The van der Waals surface area contributed by atoms with Crippen molar-refractivity contribution in [3.8, 4) is 0 Å². The third kappa shape index (κ3) is 6.24. The Kier molecular flexibility index (Phi) is 8.04. The number of carbonyl (C=O) groups is 2. The first kappa shape index (κ1) is 16.8. The monoisotopic (exact) mass is 294 g/mol. The van der Waals surface area contributed by atoms with Crippen molar-refractivity contribution in [1.29, 1.82) is 0 Å². The lowest BCUT2D eigenvalue weighted by atomic mass is 10.00. The molecule has 0 bridgehead atoms. The van der Waals surface area contributed by atoms with Crippen LogP contribution in [0.1, 0.15) is 43.0 Å². The Morgan fingerprint density at radius 1 is 1.20 bits per heavy atom. The van der Waals surface area contributed by atoms with Crippen molar-refractivity contribution in [3.63, 3.8) is 0 Å². The number of hydrogen-bond donors (Lipinski definition) is 1. The quantitative estimate of drug-likeness (QED) is 0.525. The van der Waals surface area contributed by atoms with Gasteiger partial charge in [-0.25, -0.2) is 0 Å². The van der Waals surface area contributed by atoms with E-state index in [1.54, 1.807) is 36.0 Å². The maximum Gasteiger partial charge on any atom is 0.307 e. The third-order valence-electron chi connectivity index (χ3n) is 3.09. The molecule has 0 fully saturated rings. The lowest BCUT2D eigenvalue weighted by Gasteiger charge is -2.11. The van der Waals surface area contributed by atoms with Gasteiger partial charge in [-0.1, -0.05) is 50.1 Å². The molecule has 1 rings (SSSR count). The van der Waals surface area contributed by atoms with Gasteiger partial charge in [0.05, 0.1) is 5.92 Å². The number of Topliss-reactive ketones (excluding diaryl/α,β-unsaturated/α-hetero) is 1. The van der Waals surface area contributed by atoms with Crippen molar-refractivity contribution in [2.45, 2.75) is 32.6 Å². The molecule has 0 spiro atoms. The largest absolute Gasteiger partial charge is 0.481 e. The number of carboxylic acids is 1. The molecular formula is C16H22O3S. The highest BCUT2D eigenvalue weighted by Crippen LogP contribution is 2.17. The van der Waals surface area contributed by atoms with Crippen LogP contribution in [0.3, 0.4) is 0 Å². The SMILES string of the molecule is CCCCCSCC(CC(=O)c1ccccc1)C(=O)O. The van der Waals surface area contributed by atoms with Crippen molar-refractivity contribution in [2.24, 2.45) is 5.92 Å². The minimum atomic E-state index is -0.878. The van der Waals surface area contributed by atoms with Crippen molar-refractivity contribution < 1.29 is 14.7 Å². The first-order valence-corrected chi connectivity index (χ1v) is 8.19. The molecule has 4 heteroatoms. The second kappa shape index (κ2) is 9.59. The van der Waals surface area contributed by atoms with Gasteiger partial charge in [-0.3, -0.25) is 9.59 Å². The lowest BCUT2D eigenvalue weighted by Crippen LogP contribution is -2.20. The Balaban J connectivity index is 2.43. The number of carboxylic acid groups (broad SMARTS) is 1. The zero-order chi connectivity index (χ0) is 14.8. The van der Waals surface area contributed by atoms with Crippen LogP contribution < -0.4 is 0 Å². The van der Waals surface area contributed by atoms with Crippen LogP contribution in [0.5, 0.6) is 0 Å². The molecule has 1 unspecified atom stereocenters. The average molecular weight is 294 g/mol. The zero-order valence-electron chi connectivity index (χ0n) is 11.9. The Labute approximate surface area is 124 Å². The number of benzene rings is 1. The molecule has 0 aliphatic carbocycles. The molecule has 1 atom stereocenters. The zero-order valence-corrected chi connectivity index (χ0v) is 12.7. The predicted molar refractivity (Wildman–Crippen MR) is 83.4 cm³/mol. The predicted octanol–water partition coefficient (Wildman–Crippen LogP) is 3.88. The number of ketones is 1. The van der Waals surface area contributed by atoms with Gasteiger partial charge in [0.2, 0.25) is 0 Å². The third-order valence-corrected chi connectivity index (χ3v) is 4.30. The molecule has 1 aromatic rings. The molecule has 110 valence electrons. The fourth-order valence-electron chi connectivity index (χ4n) is 1.86. The average Bonchev–Trinajstić information content (AvgIpc) is 2.46. The van der Waals surface area contributed by atoms with Gasteiger partial charge < -0.3 is 5.11 Å². The Bertz CT molecular complexity index is 417. The van der Waals surface area contributed by atoms with Gasteiger partial charge in [0.1, 0.15) is 0 Å². The van der Waals surface area contributed by atoms with Crippen molar-refractivity contribution in [3.05, 3.63) is 35.9 Å². The van der Waals surface area contributed by atoms with Crippen LogP contribution in [-0.4, -0.2) is 28.4 Å². The molecule has 0 aliphatic rings. The standard InChI is InChI=1S/C16H22O3S/c1-2-3-7-10-20-12-14(16(18)19)11-15(17)13-8-5-4-6-9-13/h4-6,8-9,14H,2-3,7,10-12H2,1H3,(H,18,19). The summed E-state index contributed by atoms with van der Waals surface area (Å²) in [5.41, 5.74) is 0.592. The van der Waals surface area contributed by atoms with Gasteiger partial charge in [-0.05, 0) is 12.2 Å². The molecule has 0 aliphatic heterocycles. The molecule has 0 radical (unpaired) electrons. The van der Waals surface area contributed by atoms with Gasteiger partial charge in [-0.2, -0.15) is 11.8 Å². The van der Waals surface area contributed by atoms with Gasteiger partial charge >= 0.3 is 5.97 Å². The van der Waals surface area contributed by atoms with Gasteiger partial charge in [0, 0.05) is 17.7 Å². The molecule has 0 saturated carbocycles. The summed E-state index contributed by atoms with van der Waals surface area (Å²) < 4.78 is 0. The van der Waals surface area contributed by atoms with Crippen LogP contribution in [0.2, 0.25) is 0 Å². The number of aliphatic carboxylic acids is 1. The normalized spacial score (nSPS) is 12.1. The summed E-state index contributed by atoms with van der Waals surface area (Å²) in [6.07, 6.45) is 3.53. The van der Waals surface area contributed by atoms with Crippen LogP contribution in [0.25, 0.3) is 0 Å². The van der Waals surface area contributed by atoms with E-state index in [2.05, 4.69) is 6.92 Å². The number of carbonyl (C=O) groups excluding carboxylic acids is 1. The van der Waals surface area contributed by atoms with Crippen LogP contribution in [0.15, 0.2) is 30.3 Å². The number of thioether (sulfide) groups is 1. The van der Waals surface area contributed by atoms with Gasteiger partial charge in [0.25, 0.3) is 0 Å². The van der Waals surface area contributed by atoms with Crippen molar-refractivity contribution in [2.75, 3.05) is 11.5 Å². The van der Waals surface area contributed by atoms with E-state index in [-0.39, 0.29) is 12.2 Å². The van der Waals surface area contributed by atoms with E-state index in [0.29, 0.717) is 11.3 Å². The Hall–Kier alpha value is -1.29. The first-order valence-electron chi connectivity index (χ1n) is 7.04. The van der Waals surface area contributed by atoms with Crippen LogP contribution in [0, 0.1) is 5.92 Å². The topological polar surface area (TPSA) is 54.4 Å². The summed E-state index contributed by atoms with van der Waals surface area (Å²) in [6, 6.07) is 8.89. The smallest absolute Gasteiger partial charge is 0.307 e. The van der Waals surface area contributed by atoms with Crippen molar-refractivity contribution >= 4 is 23.5 Å². The van der Waals surface area contributed by atoms with E-state index in [0.717, 1.165) is 18.6 Å². The minimum Gasteiger partial charge on any atom is -0.481 e. The second-order valence-electron chi connectivity index (χ2n) is 4.81. The molecule has 3 nitrogen and oxygen atoms in total. The molecule has 20 heavy (non-hydrogen) atoms. The molecule has 0 aromatic heterocycles. The van der Waals surface area contributed by atoms with Gasteiger partial charge in [0.15, 0.2) is 5.78 Å². The highest BCUT2D eigenvalue weighted by molar-refractivity contribution is 7.99. The molecule has 0 heterocycles. The van der Waals surface area contributed by atoms with Gasteiger partial charge in [-0.15, -0.1) is 0 Å². The number of rotatable bonds is 10. The van der Waals surface area contributed by atoms with E-state index in [1.165, 1.54) is 6.42 Å². The van der Waals surface area contributed by atoms with E-state index in [1.807, 2.05) is 6.07 Å². The number of hydrogen-bond acceptors (Lipinski definition) is 3. The summed E-state index contributed by atoms with van der Waals surface area (Å²) in [6.45, 7) is 2.14. The lowest BCUT2D eigenvalue weighted by molar-refractivity contribution is -0.140. The maximum atomic E-state index is 12.0. The summed E-state index contributed by atoms with van der Waals surface area (Å²) in [7, 11) is 0. The molecule has 1 aromatic carbocycles. The van der Waals surface area contributed by atoms with Crippen molar-refractivity contribution in [1.82, 2.24) is 0 Å². The highest BCUT2D eigenvalue weighted by atomic mass is 32.2. The fourth-order valence-corrected chi connectivity index (χ4v) is 2.98. The molecule has 1 N–H and O–H groups in total.